The summed E-state index contributed by atoms with van der Waals surface area (Å²) in [6, 6.07) is 13.1. The number of sulfone groups is 1. The second-order valence-corrected chi connectivity index (χ2v) is 7.88. The van der Waals surface area contributed by atoms with Crippen molar-refractivity contribution in [2.45, 2.75) is 22.1 Å². The van der Waals surface area contributed by atoms with Gasteiger partial charge in [0.15, 0.2) is 9.84 Å². The summed E-state index contributed by atoms with van der Waals surface area (Å²) in [5.41, 5.74) is 6.94. The van der Waals surface area contributed by atoms with Gasteiger partial charge in [-0.25, -0.2) is 8.42 Å². The number of halogens is 1. The molecular weight excluding hydrogens is 322 g/mol. The molecule has 1 aliphatic rings. The molecule has 0 aliphatic heterocycles. The molecule has 0 spiro atoms. The van der Waals surface area contributed by atoms with Crippen LogP contribution in [0.3, 0.4) is 0 Å². The summed E-state index contributed by atoms with van der Waals surface area (Å²) in [6.07, 6.45) is 0. The monoisotopic (exact) mass is 337 g/mol. The molecule has 0 heterocycles. The summed E-state index contributed by atoms with van der Waals surface area (Å²) in [7, 11) is -1.87. The molecule has 2 N–H and O–H groups in total. The van der Waals surface area contributed by atoms with Gasteiger partial charge < -0.3 is 10.5 Å². The van der Waals surface area contributed by atoms with E-state index in [9.17, 15) is 8.42 Å². The summed E-state index contributed by atoms with van der Waals surface area (Å²) < 4.78 is 30.5. The molecule has 0 aromatic heterocycles. The quantitative estimate of drug-likeness (QED) is 0.931. The van der Waals surface area contributed by atoms with Gasteiger partial charge in [0.25, 0.3) is 0 Å². The van der Waals surface area contributed by atoms with Gasteiger partial charge >= 0.3 is 0 Å². The highest BCUT2D eigenvalue weighted by molar-refractivity contribution is 7.92. The zero-order valence-corrected chi connectivity index (χ0v) is 13.5. The Labute approximate surface area is 134 Å². The molecule has 4 nitrogen and oxygen atoms in total. The van der Waals surface area contributed by atoms with Crippen molar-refractivity contribution in [2.75, 3.05) is 7.11 Å². The van der Waals surface area contributed by atoms with Crippen molar-refractivity contribution in [1.29, 1.82) is 0 Å². The van der Waals surface area contributed by atoms with Gasteiger partial charge in [-0.3, -0.25) is 0 Å². The highest BCUT2D eigenvalue weighted by Gasteiger charge is 2.57. The number of methoxy groups -OCH3 is 1. The lowest BCUT2D eigenvalue weighted by molar-refractivity contribution is 0.414. The lowest BCUT2D eigenvalue weighted by Crippen LogP contribution is -2.15. The fourth-order valence-electron chi connectivity index (χ4n) is 2.72. The number of nitrogens with two attached hydrogens (primary N) is 1. The Bertz CT molecular complexity index is 772. The molecule has 3 rings (SSSR count). The van der Waals surface area contributed by atoms with Crippen LogP contribution in [0.5, 0.6) is 5.75 Å². The summed E-state index contributed by atoms with van der Waals surface area (Å²) >= 11 is 5.81. The van der Waals surface area contributed by atoms with Gasteiger partial charge in [-0.15, -0.1) is 0 Å². The van der Waals surface area contributed by atoms with Crippen LogP contribution < -0.4 is 10.5 Å². The molecule has 1 aliphatic carbocycles. The Morgan fingerprint density at radius 3 is 2.18 bits per heavy atom. The van der Waals surface area contributed by atoms with Crippen molar-refractivity contribution in [3.05, 3.63) is 59.1 Å². The fraction of sp³-hybridized carbons (Fsp3) is 0.250. The van der Waals surface area contributed by atoms with E-state index in [1.807, 2.05) is 24.3 Å². The van der Waals surface area contributed by atoms with E-state index in [0.717, 1.165) is 11.3 Å². The fourth-order valence-corrected chi connectivity index (χ4v) is 4.90. The third-order valence-electron chi connectivity index (χ3n) is 4.01. The SMILES string of the molecule is COc1ccc([C@H]2[C@H](N)[C@@H]2S(=O)(=O)c2ccc(Cl)cc2)cc1. The minimum absolute atomic E-state index is 0.188. The average molecular weight is 338 g/mol. The summed E-state index contributed by atoms with van der Waals surface area (Å²) in [4.78, 5) is 0.258. The summed E-state index contributed by atoms with van der Waals surface area (Å²) in [6.45, 7) is 0. The molecule has 22 heavy (non-hydrogen) atoms. The lowest BCUT2D eigenvalue weighted by atomic mass is 10.1. The zero-order chi connectivity index (χ0) is 15.9. The van der Waals surface area contributed by atoms with E-state index in [2.05, 4.69) is 0 Å². The number of hydrogen-bond acceptors (Lipinski definition) is 4. The van der Waals surface area contributed by atoms with Crippen LogP contribution in [0.2, 0.25) is 5.02 Å². The van der Waals surface area contributed by atoms with Crippen molar-refractivity contribution in [3.63, 3.8) is 0 Å². The predicted octanol–water partition coefficient (Wildman–Crippen LogP) is 2.62. The molecule has 6 heteroatoms. The van der Waals surface area contributed by atoms with Crippen LogP contribution in [0, 0.1) is 0 Å². The number of hydrogen-bond donors (Lipinski definition) is 1. The van der Waals surface area contributed by atoms with E-state index in [1.54, 1.807) is 19.2 Å². The van der Waals surface area contributed by atoms with E-state index in [0.29, 0.717) is 5.02 Å². The van der Waals surface area contributed by atoms with Crippen LogP contribution in [0.4, 0.5) is 0 Å². The second-order valence-electron chi connectivity index (χ2n) is 5.34. The molecule has 0 amide bonds. The van der Waals surface area contributed by atoms with Gasteiger partial charge in [0.05, 0.1) is 17.3 Å². The molecule has 0 unspecified atom stereocenters. The van der Waals surface area contributed by atoms with E-state index in [-0.39, 0.29) is 10.8 Å². The Morgan fingerprint density at radius 1 is 1.05 bits per heavy atom. The van der Waals surface area contributed by atoms with Crippen LogP contribution in [-0.2, 0) is 9.84 Å². The maximum atomic E-state index is 12.7. The van der Waals surface area contributed by atoms with Crippen molar-refractivity contribution >= 4 is 21.4 Å². The largest absolute Gasteiger partial charge is 0.497 e. The Hall–Kier alpha value is -1.56. The Morgan fingerprint density at radius 2 is 1.64 bits per heavy atom. The molecule has 0 saturated heterocycles. The topological polar surface area (TPSA) is 69.4 Å². The molecule has 1 fully saturated rings. The third kappa shape index (κ3) is 2.60. The first-order chi connectivity index (χ1) is 10.4. The maximum Gasteiger partial charge on any atom is 0.183 e. The average Bonchev–Trinajstić information content (AvgIpc) is 3.20. The van der Waals surface area contributed by atoms with E-state index < -0.39 is 21.1 Å². The number of rotatable bonds is 4. The van der Waals surface area contributed by atoms with Crippen LogP contribution in [0.15, 0.2) is 53.4 Å². The van der Waals surface area contributed by atoms with Gasteiger partial charge in [0.2, 0.25) is 0 Å². The first-order valence-corrected chi connectivity index (χ1v) is 8.76. The summed E-state index contributed by atoms with van der Waals surface area (Å²) in [5, 5.41) is -0.0900. The molecular formula is C16H16ClNO3S. The predicted molar refractivity (Wildman–Crippen MR) is 86.1 cm³/mol. The molecule has 2 aromatic carbocycles. The molecule has 1 saturated carbocycles. The minimum Gasteiger partial charge on any atom is -0.497 e. The van der Waals surface area contributed by atoms with E-state index >= 15 is 0 Å². The standard InChI is InChI=1S/C16H16ClNO3S/c1-21-12-6-2-10(3-7-12)14-15(18)16(14)22(19,20)13-8-4-11(17)5-9-13/h2-9,14-16H,18H2,1H3/t14-,15-,16+/m0/s1. The van der Waals surface area contributed by atoms with Crippen LogP contribution >= 0.6 is 11.6 Å². The first kappa shape index (κ1) is 15.3. The van der Waals surface area contributed by atoms with Gasteiger partial charge in [0.1, 0.15) is 5.75 Å². The second kappa shape index (κ2) is 5.57. The molecule has 0 bridgehead atoms. The molecule has 116 valence electrons. The van der Waals surface area contributed by atoms with Crippen LogP contribution in [0.25, 0.3) is 0 Å². The lowest BCUT2D eigenvalue weighted by Gasteiger charge is -2.05. The number of ether oxygens (including phenoxy) is 1. The van der Waals surface area contributed by atoms with Crippen LogP contribution in [0.1, 0.15) is 11.5 Å². The maximum absolute atomic E-state index is 12.7. The van der Waals surface area contributed by atoms with Crippen molar-refractivity contribution in [3.8, 4) is 5.75 Å². The van der Waals surface area contributed by atoms with Crippen molar-refractivity contribution < 1.29 is 13.2 Å². The Kier molecular flexibility index (Phi) is 3.89. The minimum atomic E-state index is -3.46. The van der Waals surface area contributed by atoms with Crippen LogP contribution in [-0.4, -0.2) is 26.8 Å². The van der Waals surface area contributed by atoms with E-state index in [1.165, 1.54) is 12.1 Å². The number of benzene rings is 2. The van der Waals surface area contributed by atoms with Gasteiger partial charge in [-0.1, -0.05) is 23.7 Å². The highest BCUT2D eigenvalue weighted by atomic mass is 35.5. The third-order valence-corrected chi connectivity index (χ3v) is 6.51. The smallest absolute Gasteiger partial charge is 0.183 e. The normalized spacial score (nSPS) is 24.0. The first-order valence-electron chi connectivity index (χ1n) is 6.84. The zero-order valence-electron chi connectivity index (χ0n) is 11.9. The molecule has 3 atom stereocenters. The van der Waals surface area contributed by atoms with Gasteiger partial charge in [-0.05, 0) is 42.0 Å². The highest BCUT2D eigenvalue weighted by Crippen LogP contribution is 2.47. The van der Waals surface area contributed by atoms with Gasteiger partial charge in [0, 0.05) is 17.0 Å². The van der Waals surface area contributed by atoms with E-state index in [4.69, 9.17) is 22.1 Å². The molecule has 0 radical (unpaired) electrons. The summed E-state index contributed by atoms with van der Waals surface area (Å²) in [5.74, 6) is 0.543. The van der Waals surface area contributed by atoms with Crippen molar-refractivity contribution in [1.82, 2.24) is 0 Å². The van der Waals surface area contributed by atoms with Gasteiger partial charge in [-0.2, -0.15) is 0 Å². The molecule has 2 aromatic rings. The Balaban J connectivity index is 1.87. The van der Waals surface area contributed by atoms with Crippen molar-refractivity contribution in [2.24, 2.45) is 5.73 Å².